The summed E-state index contributed by atoms with van der Waals surface area (Å²) in [5, 5.41) is 8.08. The van der Waals surface area contributed by atoms with Crippen LogP contribution in [0.4, 0.5) is 5.69 Å². The van der Waals surface area contributed by atoms with Crippen LogP contribution in [0, 0.1) is 19.8 Å². The highest BCUT2D eigenvalue weighted by atomic mass is 35.5. The molecule has 0 saturated carbocycles. The minimum atomic E-state index is 0.503. The number of hydrogen-bond acceptors (Lipinski definition) is 2. The maximum Gasteiger partial charge on any atom is 0.170 e. The van der Waals surface area contributed by atoms with E-state index in [2.05, 4.69) is 61.7 Å². The molecule has 0 unspecified atom stereocenters. The Morgan fingerprint density at radius 3 is 2.38 bits per heavy atom. The summed E-state index contributed by atoms with van der Waals surface area (Å²) in [4.78, 5) is 1.24. The van der Waals surface area contributed by atoms with Crippen molar-refractivity contribution in [3.05, 3.63) is 58.6 Å². The Balaban J connectivity index is 1.76. The standard InChI is InChI=1S/C19H23ClN2S2/c1-13(12-24-17-9-7-16(20)8-10-17)11-21-19(23)22-18-14(2)5-4-6-15(18)3/h4-10,13H,11-12H2,1-3H3,(H2,21,22,23)/t13-/m0/s1. The Morgan fingerprint density at radius 1 is 1.12 bits per heavy atom. The van der Waals surface area contributed by atoms with Crippen LogP contribution in [0.25, 0.3) is 0 Å². The summed E-state index contributed by atoms with van der Waals surface area (Å²) in [7, 11) is 0. The lowest BCUT2D eigenvalue weighted by atomic mass is 10.1. The molecule has 24 heavy (non-hydrogen) atoms. The Labute approximate surface area is 159 Å². The van der Waals surface area contributed by atoms with Gasteiger partial charge in [-0.25, -0.2) is 0 Å². The van der Waals surface area contributed by atoms with Gasteiger partial charge >= 0.3 is 0 Å². The van der Waals surface area contributed by atoms with Crippen LogP contribution < -0.4 is 10.6 Å². The number of halogens is 1. The summed E-state index contributed by atoms with van der Waals surface area (Å²) < 4.78 is 0. The zero-order valence-corrected chi connectivity index (χ0v) is 16.6. The summed E-state index contributed by atoms with van der Waals surface area (Å²) >= 11 is 13.2. The molecule has 0 aromatic heterocycles. The van der Waals surface area contributed by atoms with Gasteiger partial charge in [0.15, 0.2) is 5.11 Å². The maximum absolute atomic E-state index is 5.91. The summed E-state index contributed by atoms with van der Waals surface area (Å²) in [5.41, 5.74) is 3.49. The van der Waals surface area contributed by atoms with Gasteiger partial charge in [-0.1, -0.05) is 36.7 Å². The van der Waals surface area contributed by atoms with Crippen molar-refractivity contribution in [3.63, 3.8) is 0 Å². The molecule has 128 valence electrons. The largest absolute Gasteiger partial charge is 0.362 e. The first-order valence-electron chi connectivity index (χ1n) is 7.95. The van der Waals surface area contributed by atoms with E-state index in [9.17, 15) is 0 Å². The van der Waals surface area contributed by atoms with Crippen LogP contribution in [0.1, 0.15) is 18.1 Å². The van der Waals surface area contributed by atoms with Gasteiger partial charge < -0.3 is 10.6 Å². The number of aryl methyl sites for hydroxylation is 2. The smallest absolute Gasteiger partial charge is 0.170 e. The summed E-state index contributed by atoms with van der Waals surface area (Å²) in [6.07, 6.45) is 0. The minimum absolute atomic E-state index is 0.503. The molecule has 0 aliphatic rings. The molecule has 0 radical (unpaired) electrons. The van der Waals surface area contributed by atoms with E-state index in [1.54, 1.807) is 0 Å². The molecule has 0 aliphatic heterocycles. The van der Waals surface area contributed by atoms with Crippen LogP contribution in [-0.2, 0) is 0 Å². The van der Waals surface area contributed by atoms with Gasteiger partial charge in [0.2, 0.25) is 0 Å². The molecule has 1 atom stereocenters. The molecule has 2 rings (SSSR count). The van der Waals surface area contributed by atoms with Crippen LogP contribution in [0.3, 0.4) is 0 Å². The topological polar surface area (TPSA) is 24.1 Å². The highest BCUT2D eigenvalue weighted by Gasteiger charge is 2.07. The molecule has 5 heteroatoms. The maximum atomic E-state index is 5.91. The minimum Gasteiger partial charge on any atom is -0.362 e. The van der Waals surface area contributed by atoms with E-state index in [0.29, 0.717) is 11.0 Å². The highest BCUT2D eigenvalue weighted by molar-refractivity contribution is 7.99. The number of para-hydroxylation sites is 1. The van der Waals surface area contributed by atoms with E-state index in [4.69, 9.17) is 23.8 Å². The van der Waals surface area contributed by atoms with Crippen LogP contribution in [0.5, 0.6) is 0 Å². The van der Waals surface area contributed by atoms with Crippen molar-refractivity contribution < 1.29 is 0 Å². The first-order valence-corrected chi connectivity index (χ1v) is 9.72. The molecule has 0 aliphatic carbocycles. The van der Waals surface area contributed by atoms with Gasteiger partial charge in [-0.05, 0) is 67.4 Å². The molecule has 0 heterocycles. The zero-order valence-electron chi connectivity index (χ0n) is 14.2. The molecular weight excluding hydrogens is 356 g/mol. The first-order chi connectivity index (χ1) is 11.5. The monoisotopic (exact) mass is 378 g/mol. The fraction of sp³-hybridized carbons (Fsp3) is 0.316. The van der Waals surface area contributed by atoms with E-state index in [-0.39, 0.29) is 0 Å². The van der Waals surface area contributed by atoms with Gasteiger partial charge in [0.25, 0.3) is 0 Å². The van der Waals surface area contributed by atoms with Crippen molar-refractivity contribution in [3.8, 4) is 0 Å². The molecule has 0 saturated heterocycles. The van der Waals surface area contributed by atoms with E-state index >= 15 is 0 Å². The number of benzene rings is 2. The van der Waals surface area contributed by atoms with Crippen molar-refractivity contribution in [1.82, 2.24) is 5.32 Å². The first kappa shape index (κ1) is 19.1. The molecule has 2 nitrogen and oxygen atoms in total. The lowest BCUT2D eigenvalue weighted by Gasteiger charge is -2.17. The third-order valence-electron chi connectivity index (χ3n) is 3.68. The van der Waals surface area contributed by atoms with E-state index < -0.39 is 0 Å². The van der Waals surface area contributed by atoms with Crippen molar-refractivity contribution in [1.29, 1.82) is 0 Å². The number of nitrogens with one attached hydrogen (secondary N) is 2. The number of thiocarbonyl (C=S) groups is 1. The molecular formula is C19H23ClN2S2. The average molecular weight is 379 g/mol. The highest BCUT2D eigenvalue weighted by Crippen LogP contribution is 2.22. The van der Waals surface area contributed by atoms with Gasteiger partial charge in [-0.15, -0.1) is 11.8 Å². The van der Waals surface area contributed by atoms with Crippen LogP contribution in [0.15, 0.2) is 47.4 Å². The van der Waals surface area contributed by atoms with Gasteiger partial charge in [-0.3, -0.25) is 0 Å². The molecule has 2 aromatic rings. The van der Waals surface area contributed by atoms with E-state index in [1.807, 2.05) is 23.9 Å². The van der Waals surface area contributed by atoms with Gasteiger partial charge in [-0.2, -0.15) is 0 Å². The third-order valence-corrected chi connectivity index (χ3v) is 5.52. The van der Waals surface area contributed by atoms with Crippen molar-refractivity contribution in [2.75, 3.05) is 17.6 Å². The SMILES string of the molecule is Cc1cccc(C)c1NC(=S)NC[C@H](C)CSc1ccc(Cl)cc1. The number of anilines is 1. The Hall–Kier alpha value is -1.23. The second-order valence-electron chi connectivity index (χ2n) is 5.97. The normalized spacial score (nSPS) is 11.8. The lowest BCUT2D eigenvalue weighted by Crippen LogP contribution is -2.33. The molecule has 2 aromatic carbocycles. The van der Waals surface area contributed by atoms with E-state index in [1.165, 1.54) is 16.0 Å². The van der Waals surface area contributed by atoms with Crippen LogP contribution >= 0.6 is 35.6 Å². The fourth-order valence-corrected chi connectivity index (χ4v) is 3.50. The average Bonchev–Trinajstić information content (AvgIpc) is 2.56. The molecule has 0 amide bonds. The summed E-state index contributed by atoms with van der Waals surface area (Å²) in [6.45, 7) is 7.24. The second-order valence-corrected chi connectivity index (χ2v) is 7.91. The third kappa shape index (κ3) is 6.00. The van der Waals surface area contributed by atoms with Crippen LogP contribution in [-0.4, -0.2) is 17.4 Å². The Morgan fingerprint density at radius 2 is 1.75 bits per heavy atom. The predicted molar refractivity (Wildman–Crippen MR) is 111 cm³/mol. The number of hydrogen-bond donors (Lipinski definition) is 2. The number of rotatable bonds is 6. The lowest BCUT2D eigenvalue weighted by molar-refractivity contribution is 0.637. The Kier molecular flexibility index (Phi) is 7.40. The van der Waals surface area contributed by atoms with Crippen molar-refractivity contribution in [2.24, 2.45) is 5.92 Å². The zero-order chi connectivity index (χ0) is 17.5. The van der Waals surface area contributed by atoms with Gasteiger partial charge in [0.1, 0.15) is 0 Å². The predicted octanol–water partition coefficient (Wildman–Crippen LogP) is 5.67. The van der Waals surface area contributed by atoms with Gasteiger partial charge in [0.05, 0.1) is 0 Å². The Bertz CT molecular complexity index is 666. The van der Waals surface area contributed by atoms with Crippen LogP contribution in [0.2, 0.25) is 5.02 Å². The molecule has 0 spiro atoms. The molecule has 0 fully saturated rings. The molecule has 2 N–H and O–H groups in total. The second kappa shape index (κ2) is 9.30. The summed E-state index contributed by atoms with van der Waals surface area (Å²) in [6, 6.07) is 14.2. The quantitative estimate of drug-likeness (QED) is 0.499. The van der Waals surface area contributed by atoms with Crippen molar-refractivity contribution in [2.45, 2.75) is 25.7 Å². The van der Waals surface area contributed by atoms with Gasteiger partial charge in [0, 0.05) is 27.9 Å². The van der Waals surface area contributed by atoms with E-state index in [0.717, 1.165) is 23.0 Å². The van der Waals surface area contributed by atoms with Crippen molar-refractivity contribution >= 4 is 46.4 Å². The molecule has 0 bridgehead atoms. The fourth-order valence-electron chi connectivity index (χ4n) is 2.26. The summed E-state index contributed by atoms with van der Waals surface area (Å²) in [5.74, 6) is 1.53. The number of thioether (sulfide) groups is 1.